The van der Waals surface area contributed by atoms with E-state index < -0.39 is 0 Å². The maximum Gasteiger partial charge on any atom is 0.269 e. The predicted molar refractivity (Wildman–Crippen MR) is 184 cm³/mol. The van der Waals surface area contributed by atoms with E-state index in [0.29, 0.717) is 12.4 Å². The molecule has 3 N–H and O–H groups in total. The highest BCUT2D eigenvalue weighted by Gasteiger charge is 2.47. The summed E-state index contributed by atoms with van der Waals surface area (Å²) in [5.41, 5.74) is 4.18. The highest BCUT2D eigenvalue weighted by molar-refractivity contribution is 7.15. The number of ether oxygens (including phenoxy) is 1. The van der Waals surface area contributed by atoms with Gasteiger partial charge in [0, 0.05) is 29.6 Å². The van der Waals surface area contributed by atoms with E-state index in [1.807, 2.05) is 30.2 Å². The van der Waals surface area contributed by atoms with Crippen LogP contribution in [0.4, 0.5) is 0 Å². The second kappa shape index (κ2) is 12.8. The number of nitrogens with zero attached hydrogens (tertiary/aromatic N) is 6. The SMILES string of the molecule is Cc1sc2c(c1C)C(c1ccc(OC3CC4(CCN(C(=N)/C=C\C(=N)C(=O)NC5CCCCC5)CC4)C3)cn1)=NCc1nnc(C)n1-2. The topological polar surface area (TPSA) is 145 Å². The zero-order valence-electron chi connectivity index (χ0n) is 27.4. The number of hydrogen-bond acceptors (Lipinski definition) is 9. The highest BCUT2D eigenvalue weighted by Crippen LogP contribution is 2.50. The van der Waals surface area contributed by atoms with Crippen LogP contribution in [0.3, 0.4) is 0 Å². The van der Waals surface area contributed by atoms with Gasteiger partial charge in [-0.3, -0.25) is 30.2 Å². The van der Waals surface area contributed by atoms with Crippen LogP contribution in [0.1, 0.15) is 91.1 Å². The number of carbonyl (C=O) groups is 1. The Labute approximate surface area is 279 Å². The number of carbonyl (C=O) groups excluding carboxylic acids is 1. The first-order valence-electron chi connectivity index (χ1n) is 16.8. The van der Waals surface area contributed by atoms with Crippen LogP contribution in [0.2, 0.25) is 0 Å². The first-order chi connectivity index (χ1) is 22.7. The molecule has 12 heteroatoms. The average Bonchev–Trinajstić information content (AvgIpc) is 3.51. The maximum atomic E-state index is 12.4. The molecule has 0 atom stereocenters. The summed E-state index contributed by atoms with van der Waals surface area (Å²) in [4.78, 5) is 25.4. The standard InChI is InChI=1S/C35H43N9O2S/c1-21-22(2)47-34-31(21)32(39-20-30-42-41-23(3)44(30)34)28-11-9-25(19-38-28)46-26-17-35(18-26)13-15-43(16-14-35)29(37)12-10-27(36)33(45)40-24-7-5-4-6-8-24/h9-12,19,24,26,36-37H,4-8,13-18,20H2,1-3H3,(H,40,45)/b12-10-,36-27?,37-29?. The van der Waals surface area contributed by atoms with Gasteiger partial charge >= 0.3 is 0 Å². The zero-order valence-corrected chi connectivity index (χ0v) is 28.3. The van der Waals surface area contributed by atoms with Crippen molar-refractivity contribution in [1.29, 1.82) is 10.8 Å². The Hall–Kier alpha value is -4.19. The van der Waals surface area contributed by atoms with E-state index >= 15 is 0 Å². The number of aromatic nitrogens is 4. The molecule has 2 aliphatic heterocycles. The number of amides is 1. The molecule has 47 heavy (non-hydrogen) atoms. The second-order valence-corrected chi connectivity index (χ2v) is 14.8. The molecule has 0 aromatic carbocycles. The van der Waals surface area contributed by atoms with Gasteiger partial charge in [-0.15, -0.1) is 21.5 Å². The maximum absolute atomic E-state index is 12.4. The lowest BCUT2D eigenvalue weighted by molar-refractivity contribution is -0.115. The predicted octanol–water partition coefficient (Wildman–Crippen LogP) is 5.63. The second-order valence-electron chi connectivity index (χ2n) is 13.6. The molecule has 0 radical (unpaired) electrons. The van der Waals surface area contributed by atoms with Crippen molar-refractivity contribution in [3.05, 3.63) is 63.8 Å². The van der Waals surface area contributed by atoms with Crippen molar-refractivity contribution in [2.24, 2.45) is 10.4 Å². The normalized spacial score (nSPS) is 19.5. The molecule has 0 unspecified atom stereocenters. The number of thiophene rings is 1. The number of pyridine rings is 1. The summed E-state index contributed by atoms with van der Waals surface area (Å²) >= 11 is 1.74. The van der Waals surface area contributed by atoms with Crippen LogP contribution in [-0.4, -0.2) is 73.0 Å². The summed E-state index contributed by atoms with van der Waals surface area (Å²) in [7, 11) is 0. The van der Waals surface area contributed by atoms with Crippen molar-refractivity contribution in [2.75, 3.05) is 13.1 Å². The van der Waals surface area contributed by atoms with E-state index in [2.05, 4.69) is 33.9 Å². The number of aryl methyl sites for hydroxylation is 2. The number of piperidine rings is 1. The van der Waals surface area contributed by atoms with E-state index in [1.165, 1.54) is 22.9 Å². The van der Waals surface area contributed by atoms with Gasteiger partial charge in [0.25, 0.3) is 5.91 Å². The van der Waals surface area contributed by atoms with Gasteiger partial charge in [-0.25, -0.2) is 0 Å². The third-order valence-corrected chi connectivity index (χ3v) is 11.6. The monoisotopic (exact) mass is 653 g/mol. The lowest BCUT2D eigenvalue weighted by atomic mass is 9.61. The highest BCUT2D eigenvalue weighted by atomic mass is 32.1. The number of hydrogen-bond donors (Lipinski definition) is 3. The minimum atomic E-state index is -0.343. The largest absolute Gasteiger partial charge is 0.489 e. The minimum Gasteiger partial charge on any atom is -0.489 e. The Morgan fingerprint density at radius 1 is 1.06 bits per heavy atom. The molecular formula is C35H43N9O2S. The molecule has 2 aliphatic carbocycles. The number of aliphatic imine (C=N–C) groups is 1. The zero-order chi connectivity index (χ0) is 32.7. The fourth-order valence-electron chi connectivity index (χ4n) is 7.51. The van der Waals surface area contributed by atoms with Gasteiger partial charge in [0.15, 0.2) is 5.82 Å². The summed E-state index contributed by atoms with van der Waals surface area (Å²) in [6, 6.07) is 4.19. The average molecular weight is 654 g/mol. The van der Waals surface area contributed by atoms with Crippen molar-refractivity contribution in [1.82, 2.24) is 30.0 Å². The van der Waals surface area contributed by atoms with Crippen LogP contribution in [0.15, 0.2) is 35.5 Å². The van der Waals surface area contributed by atoms with E-state index in [4.69, 9.17) is 25.5 Å². The van der Waals surface area contributed by atoms with Crippen molar-refractivity contribution in [3.63, 3.8) is 0 Å². The molecule has 7 rings (SSSR count). The van der Waals surface area contributed by atoms with E-state index in [1.54, 1.807) is 17.4 Å². The lowest BCUT2D eigenvalue weighted by Gasteiger charge is -2.52. The van der Waals surface area contributed by atoms with Gasteiger partial charge in [0.05, 0.1) is 23.7 Å². The lowest BCUT2D eigenvalue weighted by Crippen LogP contribution is -2.51. The quantitative estimate of drug-likeness (QED) is 0.223. The minimum absolute atomic E-state index is 0.0840. The summed E-state index contributed by atoms with van der Waals surface area (Å²) < 4.78 is 8.48. The Balaban J connectivity index is 0.905. The number of nitrogens with one attached hydrogen (secondary N) is 3. The smallest absolute Gasteiger partial charge is 0.269 e. The molecule has 246 valence electrons. The van der Waals surface area contributed by atoms with Crippen molar-refractivity contribution < 1.29 is 9.53 Å². The molecule has 3 aromatic heterocycles. The third-order valence-electron chi connectivity index (χ3n) is 10.4. The Morgan fingerprint density at radius 2 is 1.83 bits per heavy atom. The van der Waals surface area contributed by atoms with Crippen LogP contribution in [0, 0.1) is 37.0 Å². The number of amidine groups is 1. The van der Waals surface area contributed by atoms with Crippen molar-refractivity contribution >= 4 is 34.5 Å². The Bertz CT molecular complexity index is 1750. The summed E-state index contributed by atoms with van der Waals surface area (Å²) in [6.07, 6.45) is 14.5. The third kappa shape index (κ3) is 6.27. The molecule has 1 amide bonds. The summed E-state index contributed by atoms with van der Waals surface area (Å²) in [5, 5.41) is 29.4. The number of rotatable bonds is 7. The van der Waals surface area contributed by atoms with Gasteiger partial charge in [0.1, 0.15) is 34.7 Å². The fraction of sp³-hybridized carbons (Fsp3) is 0.514. The molecule has 0 bridgehead atoms. The number of fused-ring (bicyclic) bond motifs is 3. The van der Waals surface area contributed by atoms with Gasteiger partial charge in [-0.05, 0) is 94.6 Å². The van der Waals surface area contributed by atoms with Gasteiger partial charge < -0.3 is 15.0 Å². The molecule has 2 saturated carbocycles. The van der Waals surface area contributed by atoms with Crippen LogP contribution in [0.5, 0.6) is 5.75 Å². The van der Waals surface area contributed by atoms with Crippen molar-refractivity contribution in [3.8, 4) is 10.8 Å². The van der Waals surface area contributed by atoms with E-state index in [-0.39, 0.29) is 29.2 Å². The van der Waals surface area contributed by atoms with Crippen LogP contribution >= 0.6 is 11.3 Å². The van der Waals surface area contributed by atoms with Gasteiger partial charge in [0.2, 0.25) is 0 Å². The molecular weight excluding hydrogens is 611 g/mol. The summed E-state index contributed by atoms with van der Waals surface area (Å²) in [6.45, 7) is 8.31. The first kappa shape index (κ1) is 31.4. The molecule has 11 nitrogen and oxygen atoms in total. The van der Waals surface area contributed by atoms with Crippen LogP contribution in [-0.2, 0) is 11.3 Å². The van der Waals surface area contributed by atoms with Crippen LogP contribution in [0.25, 0.3) is 5.00 Å². The molecule has 3 fully saturated rings. The Kier molecular flexibility index (Phi) is 8.54. The van der Waals surface area contributed by atoms with Crippen molar-refractivity contribution in [2.45, 2.75) is 97.2 Å². The van der Waals surface area contributed by atoms with E-state index in [0.717, 1.165) is 104 Å². The number of likely N-dealkylation sites (tertiary alicyclic amines) is 1. The molecule has 1 spiro atoms. The molecule has 1 saturated heterocycles. The van der Waals surface area contributed by atoms with Gasteiger partial charge in [-0.2, -0.15) is 0 Å². The fourth-order valence-corrected chi connectivity index (χ4v) is 8.74. The molecule has 4 aliphatic rings. The van der Waals surface area contributed by atoms with Crippen LogP contribution < -0.4 is 10.1 Å². The summed E-state index contributed by atoms with van der Waals surface area (Å²) in [5.74, 6) is 2.50. The first-order valence-corrected chi connectivity index (χ1v) is 17.6. The van der Waals surface area contributed by atoms with E-state index in [9.17, 15) is 4.79 Å². The van der Waals surface area contributed by atoms with Gasteiger partial charge in [-0.1, -0.05) is 19.3 Å². The molecule has 5 heterocycles. The molecule has 3 aromatic rings. The Morgan fingerprint density at radius 3 is 2.55 bits per heavy atom.